The number of rotatable bonds is 2. The van der Waals surface area contributed by atoms with Gasteiger partial charge in [0.1, 0.15) is 0 Å². The van der Waals surface area contributed by atoms with E-state index in [0.29, 0.717) is 11.4 Å². The first-order chi connectivity index (χ1) is 8.86. The molecule has 0 aliphatic heterocycles. The van der Waals surface area contributed by atoms with Crippen LogP contribution >= 0.6 is 15.9 Å². The SMILES string of the molecule is CC(C)(C)c1cc(NC(=O)c2cncc(Br)c2)on1. The second-order valence-electron chi connectivity index (χ2n) is 5.17. The normalized spacial score (nSPS) is 11.4. The molecular formula is C13H14BrN3O2. The van der Waals surface area contributed by atoms with Crippen molar-refractivity contribution >= 4 is 27.7 Å². The van der Waals surface area contributed by atoms with Crippen molar-refractivity contribution in [2.24, 2.45) is 0 Å². The van der Waals surface area contributed by atoms with Crippen LogP contribution in [0.3, 0.4) is 0 Å². The quantitative estimate of drug-likeness (QED) is 0.919. The molecule has 0 bridgehead atoms. The number of carbonyl (C=O) groups excluding carboxylic acids is 1. The zero-order chi connectivity index (χ0) is 14.0. The molecule has 100 valence electrons. The zero-order valence-electron chi connectivity index (χ0n) is 10.9. The van der Waals surface area contributed by atoms with E-state index in [1.165, 1.54) is 6.20 Å². The van der Waals surface area contributed by atoms with Crippen LogP contribution < -0.4 is 5.32 Å². The molecule has 1 N–H and O–H groups in total. The van der Waals surface area contributed by atoms with Gasteiger partial charge in [-0.05, 0) is 22.0 Å². The fourth-order valence-corrected chi connectivity index (χ4v) is 1.77. The van der Waals surface area contributed by atoms with Crippen molar-refractivity contribution in [1.82, 2.24) is 10.1 Å². The van der Waals surface area contributed by atoms with Crippen LogP contribution in [0.4, 0.5) is 5.88 Å². The highest BCUT2D eigenvalue weighted by molar-refractivity contribution is 9.10. The molecule has 0 aliphatic rings. The third kappa shape index (κ3) is 3.41. The highest BCUT2D eigenvalue weighted by atomic mass is 79.9. The van der Waals surface area contributed by atoms with Crippen LogP contribution in [-0.2, 0) is 5.41 Å². The lowest BCUT2D eigenvalue weighted by Gasteiger charge is -2.12. The van der Waals surface area contributed by atoms with Crippen LogP contribution in [0.1, 0.15) is 36.8 Å². The average Bonchev–Trinajstić information content (AvgIpc) is 2.77. The molecule has 19 heavy (non-hydrogen) atoms. The van der Waals surface area contributed by atoms with Crippen LogP contribution in [0, 0.1) is 0 Å². The first-order valence-corrected chi connectivity index (χ1v) is 6.54. The summed E-state index contributed by atoms with van der Waals surface area (Å²) in [6.45, 7) is 6.07. The van der Waals surface area contributed by atoms with Gasteiger partial charge in [0.25, 0.3) is 5.91 Å². The first-order valence-electron chi connectivity index (χ1n) is 5.75. The number of halogens is 1. The van der Waals surface area contributed by atoms with E-state index in [-0.39, 0.29) is 11.3 Å². The summed E-state index contributed by atoms with van der Waals surface area (Å²) >= 11 is 3.27. The molecule has 0 atom stereocenters. The molecule has 2 rings (SSSR count). The Morgan fingerprint density at radius 2 is 2.05 bits per heavy atom. The van der Waals surface area contributed by atoms with Crippen LogP contribution in [0.5, 0.6) is 0 Å². The summed E-state index contributed by atoms with van der Waals surface area (Å²) in [4.78, 5) is 15.9. The molecule has 2 aromatic heterocycles. The fourth-order valence-electron chi connectivity index (χ4n) is 1.41. The summed E-state index contributed by atoms with van der Waals surface area (Å²) < 4.78 is 5.84. The van der Waals surface area contributed by atoms with E-state index in [0.717, 1.165) is 10.2 Å². The van der Waals surface area contributed by atoms with Gasteiger partial charge in [0, 0.05) is 28.3 Å². The number of hydrogen-bond acceptors (Lipinski definition) is 4. The smallest absolute Gasteiger partial charge is 0.259 e. The Balaban J connectivity index is 2.13. The number of hydrogen-bond donors (Lipinski definition) is 1. The predicted octanol–water partition coefficient (Wildman–Crippen LogP) is 3.38. The van der Waals surface area contributed by atoms with Gasteiger partial charge in [-0.1, -0.05) is 25.9 Å². The molecule has 5 nitrogen and oxygen atoms in total. The molecule has 0 saturated heterocycles. The van der Waals surface area contributed by atoms with Gasteiger partial charge in [-0.15, -0.1) is 0 Å². The van der Waals surface area contributed by atoms with Gasteiger partial charge < -0.3 is 4.52 Å². The Kier molecular flexibility index (Phi) is 3.71. The average molecular weight is 324 g/mol. The Bertz CT molecular complexity index is 602. The number of nitrogens with zero attached hydrogens (tertiary/aromatic N) is 2. The van der Waals surface area contributed by atoms with Crippen molar-refractivity contribution in [3.63, 3.8) is 0 Å². The summed E-state index contributed by atoms with van der Waals surface area (Å²) in [5, 5.41) is 6.59. The molecule has 6 heteroatoms. The molecule has 2 aromatic rings. The van der Waals surface area contributed by atoms with Gasteiger partial charge in [0.05, 0.1) is 11.3 Å². The lowest BCUT2D eigenvalue weighted by molar-refractivity contribution is 0.102. The van der Waals surface area contributed by atoms with Gasteiger partial charge in [-0.3, -0.25) is 15.1 Å². The van der Waals surface area contributed by atoms with Gasteiger partial charge in [-0.25, -0.2) is 0 Å². The van der Waals surface area contributed by atoms with E-state index < -0.39 is 0 Å². The minimum absolute atomic E-state index is 0.121. The summed E-state index contributed by atoms with van der Waals surface area (Å²) in [5.41, 5.74) is 1.11. The monoisotopic (exact) mass is 323 g/mol. The van der Waals surface area contributed by atoms with Crippen molar-refractivity contribution in [3.8, 4) is 0 Å². The number of pyridine rings is 1. The molecule has 0 saturated carbocycles. The lowest BCUT2D eigenvalue weighted by atomic mass is 9.92. The molecule has 0 aromatic carbocycles. The maximum atomic E-state index is 12.0. The number of carbonyl (C=O) groups is 1. The molecule has 0 unspecified atom stereocenters. The second kappa shape index (κ2) is 5.13. The highest BCUT2D eigenvalue weighted by Crippen LogP contribution is 2.24. The Hall–Kier alpha value is -1.69. The largest absolute Gasteiger partial charge is 0.338 e. The van der Waals surface area contributed by atoms with Crippen molar-refractivity contribution in [3.05, 3.63) is 40.3 Å². The maximum absolute atomic E-state index is 12.0. The van der Waals surface area contributed by atoms with E-state index in [9.17, 15) is 4.79 Å². The van der Waals surface area contributed by atoms with Gasteiger partial charge in [0.2, 0.25) is 5.88 Å². The van der Waals surface area contributed by atoms with E-state index >= 15 is 0 Å². The number of aromatic nitrogens is 2. The third-order valence-electron chi connectivity index (χ3n) is 2.48. The molecule has 0 spiro atoms. The van der Waals surface area contributed by atoms with Crippen molar-refractivity contribution in [2.45, 2.75) is 26.2 Å². The fraction of sp³-hybridized carbons (Fsp3) is 0.308. The first kappa shape index (κ1) is 13.7. The summed E-state index contributed by atoms with van der Waals surface area (Å²) in [6.07, 6.45) is 3.10. The van der Waals surface area contributed by atoms with E-state index in [1.807, 2.05) is 20.8 Å². The van der Waals surface area contributed by atoms with Crippen LogP contribution in [0.15, 0.2) is 33.5 Å². The lowest BCUT2D eigenvalue weighted by Crippen LogP contribution is -2.12. The maximum Gasteiger partial charge on any atom is 0.259 e. The number of anilines is 1. The van der Waals surface area contributed by atoms with E-state index in [1.54, 1.807) is 18.3 Å². The Labute approximate surface area is 119 Å². The second-order valence-corrected chi connectivity index (χ2v) is 6.09. The molecule has 2 heterocycles. The predicted molar refractivity (Wildman–Crippen MR) is 75.1 cm³/mol. The third-order valence-corrected chi connectivity index (χ3v) is 2.92. The van der Waals surface area contributed by atoms with Crippen LogP contribution in [0.2, 0.25) is 0 Å². The summed E-state index contributed by atoms with van der Waals surface area (Å²) in [5.74, 6) is 0.0420. The number of nitrogens with one attached hydrogen (secondary N) is 1. The molecule has 1 amide bonds. The molecule has 0 aliphatic carbocycles. The Morgan fingerprint density at radius 1 is 1.32 bits per heavy atom. The van der Waals surface area contributed by atoms with Crippen molar-refractivity contribution < 1.29 is 9.32 Å². The molecule has 0 radical (unpaired) electrons. The summed E-state index contributed by atoms with van der Waals surface area (Å²) in [6, 6.07) is 3.41. The van der Waals surface area contributed by atoms with Crippen LogP contribution in [-0.4, -0.2) is 16.0 Å². The highest BCUT2D eigenvalue weighted by Gasteiger charge is 2.20. The topological polar surface area (TPSA) is 68.0 Å². The van der Waals surface area contributed by atoms with Crippen LogP contribution in [0.25, 0.3) is 0 Å². The van der Waals surface area contributed by atoms with Gasteiger partial charge >= 0.3 is 0 Å². The van der Waals surface area contributed by atoms with Crippen molar-refractivity contribution in [2.75, 3.05) is 5.32 Å². The minimum atomic E-state index is -0.287. The van der Waals surface area contributed by atoms with Gasteiger partial charge in [-0.2, -0.15) is 0 Å². The standard InChI is InChI=1S/C13H14BrN3O2/c1-13(2,3)10-5-11(19-17-10)16-12(18)8-4-9(14)7-15-6-8/h4-7H,1-3H3,(H,16,18). The van der Waals surface area contributed by atoms with E-state index in [4.69, 9.17) is 4.52 Å². The minimum Gasteiger partial charge on any atom is -0.338 e. The van der Waals surface area contributed by atoms with E-state index in [2.05, 4.69) is 31.4 Å². The Morgan fingerprint density at radius 3 is 2.63 bits per heavy atom. The van der Waals surface area contributed by atoms with Crippen molar-refractivity contribution in [1.29, 1.82) is 0 Å². The zero-order valence-corrected chi connectivity index (χ0v) is 12.5. The van der Waals surface area contributed by atoms with Gasteiger partial charge in [0.15, 0.2) is 0 Å². The molecular weight excluding hydrogens is 310 g/mol. The summed E-state index contributed by atoms with van der Waals surface area (Å²) in [7, 11) is 0. The number of amides is 1. The molecule has 0 fully saturated rings.